The molecule has 0 rings (SSSR count). The van der Waals surface area contributed by atoms with Crippen molar-refractivity contribution in [2.45, 2.75) is 31.0 Å². The van der Waals surface area contributed by atoms with Crippen LogP contribution < -0.4 is 5.73 Å². The maximum absolute atomic E-state index is 10.3. The second-order valence-electron chi connectivity index (χ2n) is 3.11. The van der Waals surface area contributed by atoms with Gasteiger partial charge in [0.2, 0.25) is 10.6 Å². The third kappa shape index (κ3) is 16.3. The maximum atomic E-state index is 10.3. The molecule has 15 heavy (non-hydrogen) atoms. The molecule has 0 unspecified atom stereocenters. The van der Waals surface area contributed by atoms with Gasteiger partial charge in [0.1, 0.15) is 0 Å². The van der Waals surface area contributed by atoms with Crippen LogP contribution in [0.5, 0.6) is 0 Å². The highest BCUT2D eigenvalue weighted by atomic mass is 79.9. The van der Waals surface area contributed by atoms with Gasteiger partial charge in [0.05, 0.1) is 10.7 Å². The van der Waals surface area contributed by atoms with Crippen molar-refractivity contribution in [1.82, 2.24) is 0 Å². The lowest BCUT2D eigenvalue weighted by Gasteiger charge is -2.06. The van der Waals surface area contributed by atoms with E-state index in [1.54, 1.807) is 13.8 Å². The van der Waals surface area contributed by atoms with Crippen molar-refractivity contribution >= 4 is 48.4 Å². The van der Waals surface area contributed by atoms with Gasteiger partial charge in [0.25, 0.3) is 0 Å². The number of alkyl halides is 1. The molecule has 88 valence electrons. The number of carboxylic acids is 1. The molecule has 0 saturated carbocycles. The molecule has 0 aliphatic heterocycles. The zero-order valence-electron chi connectivity index (χ0n) is 8.42. The summed E-state index contributed by atoms with van der Waals surface area (Å²) in [7, 11) is 0. The topological polar surface area (TPSA) is 97.5 Å². The zero-order chi connectivity index (χ0) is 12.6. The van der Waals surface area contributed by atoms with Gasteiger partial charge >= 0.3 is 5.97 Å². The summed E-state index contributed by atoms with van der Waals surface area (Å²) in [5.74, 6) is -1.57. The predicted molar refractivity (Wildman–Crippen MR) is 63.0 cm³/mol. The van der Waals surface area contributed by atoms with Crippen LogP contribution in [-0.4, -0.2) is 26.0 Å². The van der Waals surface area contributed by atoms with Crippen LogP contribution in [0.1, 0.15) is 26.7 Å². The van der Waals surface area contributed by atoms with Gasteiger partial charge in [-0.25, -0.2) is 0 Å². The van der Waals surface area contributed by atoms with Gasteiger partial charge in [-0.2, -0.15) is 0 Å². The van der Waals surface area contributed by atoms with E-state index in [1.807, 2.05) is 0 Å². The molecule has 0 spiro atoms. The van der Waals surface area contributed by atoms with Crippen molar-refractivity contribution in [1.29, 1.82) is 0 Å². The summed E-state index contributed by atoms with van der Waals surface area (Å²) in [4.78, 5) is 29.9. The van der Waals surface area contributed by atoms with Crippen molar-refractivity contribution < 1.29 is 19.5 Å². The molecule has 0 atom stereocenters. The van der Waals surface area contributed by atoms with Crippen molar-refractivity contribution in [2.24, 2.45) is 5.73 Å². The second kappa shape index (κ2) is 7.81. The molecule has 7 heteroatoms. The van der Waals surface area contributed by atoms with Gasteiger partial charge in [0.15, 0.2) is 0 Å². The summed E-state index contributed by atoms with van der Waals surface area (Å²) < 4.78 is -0.437. The molecule has 0 aliphatic rings. The Morgan fingerprint density at radius 3 is 1.67 bits per heavy atom. The van der Waals surface area contributed by atoms with E-state index in [4.69, 9.17) is 5.11 Å². The molecule has 0 aromatic carbocycles. The molecule has 0 aliphatic carbocycles. The number of halogens is 2. The Balaban J connectivity index is 0. The summed E-state index contributed by atoms with van der Waals surface area (Å²) in [6.45, 7) is 3.56. The molecule has 0 fully saturated rings. The second-order valence-corrected chi connectivity index (χ2v) is 5.81. The van der Waals surface area contributed by atoms with Gasteiger partial charge < -0.3 is 10.8 Å². The van der Waals surface area contributed by atoms with E-state index in [-0.39, 0.29) is 17.5 Å². The molecule has 0 saturated heterocycles. The first kappa shape index (κ1) is 17.0. The highest BCUT2D eigenvalue weighted by Crippen LogP contribution is 2.19. The molecule has 1 amide bonds. The molecule has 0 heterocycles. The number of rotatable bonds is 4. The van der Waals surface area contributed by atoms with Crippen LogP contribution in [-0.2, 0) is 14.4 Å². The van der Waals surface area contributed by atoms with Crippen LogP contribution >= 0.6 is 31.9 Å². The Bertz CT molecular complexity index is 234. The zero-order valence-corrected chi connectivity index (χ0v) is 11.6. The third-order valence-electron chi connectivity index (χ3n) is 1.05. The first-order chi connectivity index (χ1) is 6.57. The Morgan fingerprint density at radius 2 is 1.60 bits per heavy atom. The fourth-order valence-electron chi connectivity index (χ4n) is 0.230. The highest BCUT2D eigenvalue weighted by molar-refractivity contribution is 9.20. The summed E-state index contributed by atoms with van der Waals surface area (Å²) >= 11 is 5.96. The molecule has 0 bridgehead atoms. The van der Waals surface area contributed by atoms with Gasteiger partial charge in [0, 0.05) is 6.42 Å². The average Bonchev–Trinajstić information content (AvgIpc) is 2.00. The molecular formula is C8H13Br2NO4. The number of carboxylic acid groups (broad SMARTS) is 1. The minimum absolute atomic E-state index is 0.0278. The van der Waals surface area contributed by atoms with E-state index in [9.17, 15) is 14.4 Å². The first-order valence-corrected chi connectivity index (χ1v) is 5.55. The largest absolute Gasteiger partial charge is 0.481 e. The first-order valence-electron chi connectivity index (χ1n) is 3.96. The monoisotopic (exact) mass is 345 g/mol. The van der Waals surface area contributed by atoms with Crippen LogP contribution in [0.25, 0.3) is 0 Å². The van der Waals surface area contributed by atoms with Crippen molar-refractivity contribution in [2.75, 3.05) is 0 Å². The lowest BCUT2D eigenvalue weighted by molar-refractivity contribution is -0.138. The Morgan fingerprint density at radius 1 is 1.27 bits per heavy atom. The molecule has 3 N–H and O–H groups in total. The molecule has 0 aromatic rings. The molecular weight excluding hydrogens is 334 g/mol. The van der Waals surface area contributed by atoms with Crippen LogP contribution in [0.3, 0.4) is 0 Å². The minimum Gasteiger partial charge on any atom is -0.481 e. The fourth-order valence-corrected chi connectivity index (χ4v) is 0.230. The van der Waals surface area contributed by atoms with Crippen LogP contribution in [0.15, 0.2) is 0 Å². The van der Waals surface area contributed by atoms with E-state index < -0.39 is 16.2 Å². The van der Waals surface area contributed by atoms with Crippen molar-refractivity contribution in [3.05, 3.63) is 0 Å². The summed E-state index contributed by atoms with van der Waals surface area (Å²) in [6, 6.07) is 0. The quantitative estimate of drug-likeness (QED) is 0.594. The number of nitrogens with two attached hydrogens (primary N) is 1. The minimum atomic E-state index is -0.996. The number of primary amides is 1. The van der Waals surface area contributed by atoms with Crippen molar-refractivity contribution in [3.63, 3.8) is 0 Å². The standard InChI is InChI=1S/C4H6Br2O.C4H7NO3/c1-4(2,6)3(5)7;5-3(6)1-2-4(7)8/h1-2H3;1-2H2,(H2,5,6)(H,7,8). The predicted octanol–water partition coefficient (Wildman–Crippen LogP) is 1.42. The lowest BCUT2D eigenvalue weighted by atomic mass is 10.3. The van der Waals surface area contributed by atoms with E-state index in [1.165, 1.54) is 0 Å². The van der Waals surface area contributed by atoms with E-state index >= 15 is 0 Å². The highest BCUT2D eigenvalue weighted by Gasteiger charge is 2.19. The number of amides is 1. The SMILES string of the molecule is CC(C)(Br)C(=O)Br.NC(=O)CCC(=O)O. The summed E-state index contributed by atoms with van der Waals surface area (Å²) in [6.07, 6.45) is -0.245. The number of hydrogen-bond donors (Lipinski definition) is 2. The van der Waals surface area contributed by atoms with Crippen LogP contribution in [0.2, 0.25) is 0 Å². The Hall–Kier alpha value is -0.430. The number of carbonyl (C=O) groups is 3. The Labute approximate surface area is 105 Å². The number of aliphatic carboxylic acids is 1. The number of carbonyl (C=O) groups excluding carboxylic acids is 2. The summed E-state index contributed by atoms with van der Waals surface area (Å²) in [5, 5.41) is 7.95. The summed E-state index contributed by atoms with van der Waals surface area (Å²) in [5.41, 5.74) is 4.64. The van der Waals surface area contributed by atoms with Gasteiger partial charge in [-0.1, -0.05) is 15.9 Å². The number of hydrogen-bond acceptors (Lipinski definition) is 3. The smallest absolute Gasteiger partial charge is 0.303 e. The normalized spacial score (nSPS) is 9.87. The molecule has 0 aromatic heterocycles. The fraction of sp³-hybridized carbons (Fsp3) is 0.625. The van der Waals surface area contributed by atoms with Crippen LogP contribution in [0.4, 0.5) is 0 Å². The van der Waals surface area contributed by atoms with Crippen LogP contribution in [0, 0.1) is 0 Å². The maximum Gasteiger partial charge on any atom is 0.303 e. The third-order valence-corrected chi connectivity index (χ3v) is 2.94. The average molecular weight is 347 g/mol. The Kier molecular flexibility index (Phi) is 8.84. The van der Waals surface area contributed by atoms with E-state index in [0.717, 1.165) is 0 Å². The molecule has 5 nitrogen and oxygen atoms in total. The lowest BCUT2D eigenvalue weighted by Crippen LogP contribution is -2.17. The van der Waals surface area contributed by atoms with E-state index in [0.29, 0.717) is 0 Å². The van der Waals surface area contributed by atoms with Gasteiger partial charge in [-0.3, -0.25) is 14.4 Å². The van der Waals surface area contributed by atoms with Gasteiger partial charge in [-0.05, 0) is 29.8 Å². The van der Waals surface area contributed by atoms with Crippen molar-refractivity contribution in [3.8, 4) is 0 Å². The van der Waals surface area contributed by atoms with E-state index in [2.05, 4.69) is 37.6 Å². The van der Waals surface area contributed by atoms with Gasteiger partial charge in [-0.15, -0.1) is 0 Å². The molecule has 0 radical (unpaired) electrons.